The number of hydrogen-bond donors (Lipinski definition) is 2. The summed E-state index contributed by atoms with van der Waals surface area (Å²) in [5.74, 6) is 8.37. The third-order valence-electron chi connectivity index (χ3n) is 7.53. The van der Waals surface area contributed by atoms with E-state index < -0.39 is 0 Å². The molecule has 2 aliphatic heterocycles. The molecule has 0 radical (unpaired) electrons. The minimum Gasteiger partial charge on any atom is -0.507 e. The highest BCUT2D eigenvalue weighted by Gasteiger charge is 2.25. The van der Waals surface area contributed by atoms with E-state index >= 15 is 0 Å². The van der Waals surface area contributed by atoms with Crippen molar-refractivity contribution in [2.75, 3.05) is 54.9 Å². The standard InChI is InChI=1S/C29H36N8O2/c1-20-11-14-35(25-17-24(33-34-29(25)30)23-7-4-5-8-26(23)38)15-16-37(20)28-10-12-31-27(32-28)9-6-13-36-21(2)18-39-19-22(36)3/h4-5,7-8,10,12,17,20-22,38H,11,13-16,18-19H2,1-3H3,(H2,30,34)/t20-,21-,22+/m1/s1. The molecule has 2 aliphatic rings. The van der Waals surface area contributed by atoms with Crippen LogP contribution < -0.4 is 15.5 Å². The molecule has 3 atom stereocenters. The van der Waals surface area contributed by atoms with Crippen molar-refractivity contribution >= 4 is 17.3 Å². The van der Waals surface area contributed by atoms with E-state index in [1.165, 1.54) is 0 Å². The minimum atomic E-state index is 0.162. The van der Waals surface area contributed by atoms with Crippen molar-refractivity contribution in [1.29, 1.82) is 0 Å². The molecular weight excluding hydrogens is 492 g/mol. The second kappa shape index (κ2) is 11.8. The quantitative estimate of drug-likeness (QED) is 0.490. The minimum absolute atomic E-state index is 0.162. The van der Waals surface area contributed by atoms with Crippen LogP contribution in [0.4, 0.5) is 17.3 Å². The summed E-state index contributed by atoms with van der Waals surface area (Å²) < 4.78 is 5.62. The Kier molecular flexibility index (Phi) is 8.10. The normalized spacial score (nSPS) is 22.2. The molecule has 204 valence electrons. The molecule has 3 N–H and O–H groups in total. The van der Waals surface area contributed by atoms with Crippen LogP contribution in [0.25, 0.3) is 11.3 Å². The smallest absolute Gasteiger partial charge is 0.206 e. The summed E-state index contributed by atoms with van der Waals surface area (Å²) in [4.78, 5) is 16.1. The number of aromatic nitrogens is 4. The largest absolute Gasteiger partial charge is 0.507 e. The van der Waals surface area contributed by atoms with Gasteiger partial charge in [-0.1, -0.05) is 18.1 Å². The van der Waals surface area contributed by atoms with Crippen LogP contribution in [0.1, 0.15) is 33.0 Å². The van der Waals surface area contributed by atoms with Crippen molar-refractivity contribution in [3.05, 3.63) is 48.4 Å². The molecule has 0 saturated carbocycles. The van der Waals surface area contributed by atoms with Gasteiger partial charge in [-0.05, 0) is 57.4 Å². The summed E-state index contributed by atoms with van der Waals surface area (Å²) in [7, 11) is 0. The molecule has 10 nitrogen and oxygen atoms in total. The van der Waals surface area contributed by atoms with Crippen molar-refractivity contribution in [2.45, 2.75) is 45.3 Å². The molecule has 0 aliphatic carbocycles. The Balaban J connectivity index is 1.30. The average Bonchev–Trinajstić information content (AvgIpc) is 3.13. The molecule has 4 heterocycles. The molecule has 0 amide bonds. The molecule has 39 heavy (non-hydrogen) atoms. The number of nitrogens with two attached hydrogens (primary N) is 1. The number of morpholine rings is 1. The van der Waals surface area contributed by atoms with E-state index in [0.717, 1.165) is 50.8 Å². The third-order valence-corrected chi connectivity index (χ3v) is 7.53. The first-order valence-corrected chi connectivity index (χ1v) is 13.5. The average molecular weight is 529 g/mol. The number of para-hydroxylation sites is 1. The van der Waals surface area contributed by atoms with Crippen molar-refractivity contribution in [2.24, 2.45) is 0 Å². The lowest BCUT2D eigenvalue weighted by Crippen LogP contribution is -2.49. The van der Waals surface area contributed by atoms with Crippen LogP contribution in [0.15, 0.2) is 42.6 Å². The van der Waals surface area contributed by atoms with E-state index in [4.69, 9.17) is 15.5 Å². The van der Waals surface area contributed by atoms with Crippen LogP contribution in [0.5, 0.6) is 5.75 Å². The van der Waals surface area contributed by atoms with Gasteiger partial charge in [0.2, 0.25) is 5.82 Å². The number of hydrogen-bond acceptors (Lipinski definition) is 10. The highest BCUT2D eigenvalue weighted by Crippen LogP contribution is 2.32. The Labute approximate surface area is 229 Å². The van der Waals surface area contributed by atoms with Crippen LogP contribution in [0.3, 0.4) is 0 Å². The zero-order chi connectivity index (χ0) is 27.4. The molecule has 2 saturated heterocycles. The molecule has 2 aromatic heterocycles. The van der Waals surface area contributed by atoms with Gasteiger partial charge in [0, 0.05) is 49.5 Å². The van der Waals surface area contributed by atoms with Crippen LogP contribution in [-0.2, 0) is 4.74 Å². The van der Waals surface area contributed by atoms with Crippen molar-refractivity contribution < 1.29 is 9.84 Å². The Morgan fingerprint density at radius 3 is 2.62 bits per heavy atom. The molecule has 2 fully saturated rings. The predicted molar refractivity (Wildman–Crippen MR) is 153 cm³/mol. The second-order valence-electron chi connectivity index (χ2n) is 10.3. The SMILES string of the molecule is C[C@@H]1CCN(c2cc(-c3ccccc3O)nnc2N)CCN1c1ccnc(C#CCN2[C@H](C)COC[C@@H]2C)n1. The van der Waals surface area contributed by atoms with Gasteiger partial charge in [0.25, 0.3) is 0 Å². The number of benzene rings is 1. The van der Waals surface area contributed by atoms with Crippen LogP contribution >= 0.6 is 0 Å². The van der Waals surface area contributed by atoms with Crippen molar-refractivity contribution in [3.63, 3.8) is 0 Å². The Bertz CT molecular complexity index is 1350. The number of aromatic hydroxyl groups is 1. The first kappa shape index (κ1) is 26.7. The molecule has 0 bridgehead atoms. The molecule has 0 unspecified atom stereocenters. The van der Waals surface area contributed by atoms with E-state index in [9.17, 15) is 5.11 Å². The zero-order valence-corrected chi connectivity index (χ0v) is 22.8. The summed E-state index contributed by atoms with van der Waals surface area (Å²) in [6.45, 7) is 11.0. The van der Waals surface area contributed by atoms with E-state index in [1.807, 2.05) is 24.3 Å². The summed E-state index contributed by atoms with van der Waals surface area (Å²) in [5, 5.41) is 18.7. The fourth-order valence-corrected chi connectivity index (χ4v) is 5.23. The lowest BCUT2D eigenvalue weighted by molar-refractivity contribution is -0.0296. The molecule has 10 heteroatoms. The van der Waals surface area contributed by atoms with Crippen LogP contribution in [0.2, 0.25) is 0 Å². The summed E-state index contributed by atoms with van der Waals surface area (Å²) in [6.07, 6.45) is 2.69. The van der Waals surface area contributed by atoms with Gasteiger partial charge in [0.05, 0.1) is 31.1 Å². The number of nitrogens with zero attached hydrogens (tertiary/aromatic N) is 7. The van der Waals surface area contributed by atoms with Gasteiger partial charge in [-0.3, -0.25) is 4.90 Å². The maximum absolute atomic E-state index is 10.3. The van der Waals surface area contributed by atoms with E-state index in [1.54, 1.807) is 18.3 Å². The topological polar surface area (TPSA) is 117 Å². The first-order chi connectivity index (χ1) is 18.9. The van der Waals surface area contributed by atoms with Crippen molar-refractivity contribution in [1.82, 2.24) is 25.1 Å². The number of phenolic OH excluding ortho intramolecular Hbond substituents is 1. The van der Waals surface area contributed by atoms with Gasteiger partial charge >= 0.3 is 0 Å². The predicted octanol–water partition coefficient (Wildman–Crippen LogP) is 2.79. The number of nitrogen functional groups attached to an aromatic ring is 1. The number of anilines is 3. The van der Waals surface area contributed by atoms with Gasteiger partial charge in [-0.15, -0.1) is 10.2 Å². The van der Waals surface area contributed by atoms with Gasteiger partial charge in [-0.25, -0.2) is 9.97 Å². The molecule has 3 aromatic rings. The van der Waals surface area contributed by atoms with Gasteiger partial charge in [0.15, 0.2) is 5.82 Å². The van der Waals surface area contributed by atoms with E-state index in [-0.39, 0.29) is 11.8 Å². The number of rotatable bonds is 4. The third kappa shape index (κ3) is 6.05. The fourth-order valence-electron chi connectivity index (χ4n) is 5.23. The zero-order valence-electron chi connectivity index (χ0n) is 22.8. The number of phenols is 1. The van der Waals surface area contributed by atoms with Gasteiger partial charge < -0.3 is 25.4 Å². The van der Waals surface area contributed by atoms with Crippen LogP contribution in [-0.4, -0.2) is 87.7 Å². The van der Waals surface area contributed by atoms with Crippen molar-refractivity contribution in [3.8, 4) is 28.8 Å². The Morgan fingerprint density at radius 2 is 1.82 bits per heavy atom. The summed E-state index contributed by atoms with van der Waals surface area (Å²) in [6, 6.07) is 11.9. The van der Waals surface area contributed by atoms with Gasteiger partial charge in [-0.2, -0.15) is 0 Å². The lowest BCUT2D eigenvalue weighted by Gasteiger charge is -2.37. The first-order valence-electron chi connectivity index (χ1n) is 13.5. The van der Waals surface area contributed by atoms with E-state index in [2.05, 4.69) is 62.5 Å². The monoisotopic (exact) mass is 528 g/mol. The molecular formula is C29H36N8O2. The lowest BCUT2D eigenvalue weighted by atomic mass is 10.1. The Hall–Kier alpha value is -3.94. The highest BCUT2D eigenvalue weighted by atomic mass is 16.5. The summed E-state index contributed by atoms with van der Waals surface area (Å²) >= 11 is 0. The molecule has 0 spiro atoms. The maximum Gasteiger partial charge on any atom is 0.206 e. The Morgan fingerprint density at radius 1 is 1.03 bits per heavy atom. The van der Waals surface area contributed by atoms with Crippen LogP contribution in [0, 0.1) is 11.8 Å². The molecule has 5 rings (SSSR count). The fraction of sp³-hybridized carbons (Fsp3) is 0.448. The maximum atomic E-state index is 10.3. The highest BCUT2D eigenvalue weighted by molar-refractivity contribution is 5.74. The van der Waals surface area contributed by atoms with E-state index in [0.29, 0.717) is 41.5 Å². The van der Waals surface area contributed by atoms with Gasteiger partial charge in [0.1, 0.15) is 11.6 Å². The number of ether oxygens (including phenoxy) is 1. The second-order valence-corrected chi connectivity index (χ2v) is 10.3. The molecule has 1 aromatic carbocycles. The summed E-state index contributed by atoms with van der Waals surface area (Å²) in [5.41, 5.74) is 8.30.